The summed E-state index contributed by atoms with van der Waals surface area (Å²) in [5.74, 6) is 0.614. The van der Waals surface area contributed by atoms with Crippen LogP contribution in [0.4, 0.5) is 0 Å². The lowest BCUT2D eigenvalue weighted by Gasteiger charge is -2.11. The summed E-state index contributed by atoms with van der Waals surface area (Å²) in [7, 11) is 0. The summed E-state index contributed by atoms with van der Waals surface area (Å²) >= 11 is 3.62. The number of alkyl halides is 1. The fourth-order valence-corrected chi connectivity index (χ4v) is 3.79. The van der Waals surface area contributed by atoms with E-state index in [-0.39, 0.29) is 17.5 Å². The van der Waals surface area contributed by atoms with Crippen molar-refractivity contribution in [1.29, 1.82) is 0 Å². The van der Waals surface area contributed by atoms with Crippen LogP contribution in [0.1, 0.15) is 24.3 Å². The molecule has 0 spiro atoms. The van der Waals surface area contributed by atoms with Crippen LogP contribution in [0.3, 0.4) is 0 Å². The lowest BCUT2D eigenvalue weighted by atomic mass is 9.98. The summed E-state index contributed by atoms with van der Waals surface area (Å²) in [5, 5.41) is 0.651. The Labute approximate surface area is 112 Å². The Balaban J connectivity index is 2.01. The van der Waals surface area contributed by atoms with Crippen LogP contribution in [0.2, 0.25) is 0 Å². The predicted octanol–water partition coefficient (Wildman–Crippen LogP) is 3.19. The van der Waals surface area contributed by atoms with Crippen LogP contribution in [0.15, 0.2) is 33.5 Å². The Morgan fingerprint density at radius 3 is 2.94 bits per heavy atom. The molecule has 1 fully saturated rings. The highest BCUT2D eigenvalue weighted by atomic mass is 79.9. The van der Waals surface area contributed by atoms with Gasteiger partial charge in [0, 0.05) is 5.92 Å². The standard InChI is InChI=1S/C14H11BrO3/c15-9-6-5-8-11-12(16)7-3-1-2-4-10(7)17-14(11)18-13(8)9/h1-4,8-9,13H,5-6H2/t8?,9-,13-/m0/s1. The van der Waals surface area contributed by atoms with Gasteiger partial charge in [-0.3, -0.25) is 4.79 Å². The summed E-state index contributed by atoms with van der Waals surface area (Å²) in [5.41, 5.74) is 1.41. The molecule has 1 aliphatic heterocycles. The highest BCUT2D eigenvalue weighted by Crippen LogP contribution is 2.48. The molecule has 1 saturated carbocycles. The van der Waals surface area contributed by atoms with Gasteiger partial charge >= 0.3 is 0 Å². The Morgan fingerprint density at radius 2 is 2.06 bits per heavy atom. The third-order valence-corrected chi connectivity index (χ3v) is 4.90. The summed E-state index contributed by atoms with van der Waals surface area (Å²) in [6.07, 6.45) is 2.07. The van der Waals surface area contributed by atoms with Gasteiger partial charge in [0.2, 0.25) is 0 Å². The van der Waals surface area contributed by atoms with E-state index in [4.69, 9.17) is 9.15 Å². The van der Waals surface area contributed by atoms with Gasteiger partial charge in [-0.15, -0.1) is 0 Å². The van der Waals surface area contributed by atoms with Crippen LogP contribution in [0.25, 0.3) is 11.0 Å². The van der Waals surface area contributed by atoms with E-state index in [1.165, 1.54) is 0 Å². The topological polar surface area (TPSA) is 39.4 Å². The Morgan fingerprint density at radius 1 is 1.22 bits per heavy atom. The van der Waals surface area contributed by atoms with Gasteiger partial charge in [0.15, 0.2) is 5.43 Å². The van der Waals surface area contributed by atoms with Crippen molar-refractivity contribution >= 4 is 26.9 Å². The second-order valence-electron chi connectivity index (χ2n) is 4.91. The first kappa shape index (κ1) is 10.6. The summed E-state index contributed by atoms with van der Waals surface area (Å²) in [6.45, 7) is 0. The maximum atomic E-state index is 12.5. The lowest BCUT2D eigenvalue weighted by molar-refractivity contribution is 0.189. The van der Waals surface area contributed by atoms with E-state index in [1.807, 2.05) is 18.2 Å². The molecule has 0 radical (unpaired) electrons. The normalized spacial score (nSPS) is 29.1. The third kappa shape index (κ3) is 1.27. The van der Waals surface area contributed by atoms with E-state index >= 15 is 0 Å². The highest BCUT2D eigenvalue weighted by molar-refractivity contribution is 9.09. The SMILES string of the molecule is O=c1c2c(oc3ccccc13)O[C@H]1C2CC[C@@H]1Br. The molecule has 0 saturated heterocycles. The van der Waals surface area contributed by atoms with Crippen LogP contribution in [0.5, 0.6) is 5.95 Å². The molecule has 92 valence electrons. The molecule has 3 atom stereocenters. The van der Waals surface area contributed by atoms with Crippen molar-refractivity contribution in [2.24, 2.45) is 0 Å². The van der Waals surface area contributed by atoms with Crippen LogP contribution in [-0.4, -0.2) is 10.9 Å². The molecule has 1 unspecified atom stereocenters. The average Bonchev–Trinajstić information content (AvgIpc) is 2.90. The van der Waals surface area contributed by atoms with E-state index in [0.717, 1.165) is 18.4 Å². The molecule has 0 bridgehead atoms. The van der Waals surface area contributed by atoms with Gasteiger partial charge in [0.1, 0.15) is 11.7 Å². The number of halogens is 1. The molecule has 0 N–H and O–H groups in total. The third-order valence-electron chi connectivity index (χ3n) is 3.92. The van der Waals surface area contributed by atoms with Gasteiger partial charge in [-0.25, -0.2) is 0 Å². The minimum absolute atomic E-state index is 0.0493. The predicted molar refractivity (Wildman–Crippen MR) is 71.6 cm³/mol. The maximum Gasteiger partial charge on any atom is 0.292 e. The first-order valence-corrected chi connectivity index (χ1v) is 7.04. The highest BCUT2D eigenvalue weighted by Gasteiger charge is 2.46. The van der Waals surface area contributed by atoms with Crippen LogP contribution >= 0.6 is 15.9 Å². The van der Waals surface area contributed by atoms with Gasteiger partial charge < -0.3 is 9.15 Å². The van der Waals surface area contributed by atoms with Crippen molar-refractivity contribution in [3.63, 3.8) is 0 Å². The van der Waals surface area contributed by atoms with E-state index in [9.17, 15) is 4.79 Å². The molecular weight excluding hydrogens is 296 g/mol. The Bertz CT molecular complexity index is 691. The van der Waals surface area contributed by atoms with E-state index in [0.29, 0.717) is 21.7 Å². The molecule has 1 aromatic heterocycles. The molecular formula is C14H11BrO3. The number of ether oxygens (including phenoxy) is 1. The number of benzene rings is 1. The Kier molecular flexibility index (Phi) is 2.13. The van der Waals surface area contributed by atoms with Gasteiger partial charge in [-0.2, -0.15) is 0 Å². The molecule has 2 aliphatic rings. The van der Waals surface area contributed by atoms with Crippen molar-refractivity contribution in [2.75, 3.05) is 0 Å². The number of para-hydroxylation sites is 1. The Hall–Kier alpha value is -1.29. The molecule has 1 aromatic carbocycles. The van der Waals surface area contributed by atoms with Gasteiger partial charge in [0.05, 0.1) is 15.8 Å². The molecule has 2 aromatic rings. The number of hydrogen-bond acceptors (Lipinski definition) is 3. The summed E-state index contributed by atoms with van der Waals surface area (Å²) in [6, 6.07) is 7.34. The second-order valence-corrected chi connectivity index (χ2v) is 6.09. The quantitative estimate of drug-likeness (QED) is 0.702. The van der Waals surface area contributed by atoms with Crippen LogP contribution in [0, 0.1) is 0 Å². The average molecular weight is 307 g/mol. The molecule has 4 rings (SSSR count). The summed E-state index contributed by atoms with van der Waals surface area (Å²) < 4.78 is 11.5. The minimum Gasteiger partial charge on any atom is -0.460 e. The largest absolute Gasteiger partial charge is 0.460 e. The zero-order valence-corrected chi connectivity index (χ0v) is 11.1. The fraction of sp³-hybridized carbons (Fsp3) is 0.357. The van der Waals surface area contributed by atoms with Gasteiger partial charge in [-0.05, 0) is 25.0 Å². The molecule has 2 heterocycles. The molecule has 3 nitrogen and oxygen atoms in total. The van der Waals surface area contributed by atoms with Crippen molar-refractivity contribution < 1.29 is 9.15 Å². The van der Waals surface area contributed by atoms with E-state index in [2.05, 4.69) is 15.9 Å². The number of hydrogen-bond donors (Lipinski definition) is 0. The monoisotopic (exact) mass is 306 g/mol. The molecule has 1 aliphatic carbocycles. The van der Waals surface area contributed by atoms with Gasteiger partial charge in [0.25, 0.3) is 5.95 Å². The molecule has 18 heavy (non-hydrogen) atoms. The van der Waals surface area contributed by atoms with Crippen LogP contribution < -0.4 is 10.2 Å². The minimum atomic E-state index is 0.0493. The van der Waals surface area contributed by atoms with Crippen molar-refractivity contribution in [1.82, 2.24) is 0 Å². The van der Waals surface area contributed by atoms with Crippen molar-refractivity contribution in [3.05, 3.63) is 40.1 Å². The number of rotatable bonds is 0. The number of fused-ring (bicyclic) bond motifs is 4. The lowest BCUT2D eigenvalue weighted by Crippen LogP contribution is -2.22. The summed E-state index contributed by atoms with van der Waals surface area (Å²) in [4.78, 5) is 12.8. The van der Waals surface area contributed by atoms with Crippen molar-refractivity contribution in [2.45, 2.75) is 29.7 Å². The molecule has 4 heteroatoms. The van der Waals surface area contributed by atoms with Gasteiger partial charge in [-0.1, -0.05) is 28.1 Å². The van der Waals surface area contributed by atoms with Crippen molar-refractivity contribution in [3.8, 4) is 5.95 Å². The van der Waals surface area contributed by atoms with E-state index < -0.39 is 0 Å². The first-order chi connectivity index (χ1) is 8.75. The smallest absolute Gasteiger partial charge is 0.292 e. The fourth-order valence-electron chi connectivity index (χ4n) is 3.05. The maximum absolute atomic E-state index is 12.5. The first-order valence-electron chi connectivity index (χ1n) is 6.12. The zero-order valence-electron chi connectivity index (χ0n) is 9.56. The van der Waals surface area contributed by atoms with E-state index in [1.54, 1.807) is 6.07 Å². The molecule has 0 amide bonds. The van der Waals surface area contributed by atoms with Crippen LogP contribution in [-0.2, 0) is 0 Å². The second kappa shape index (κ2) is 3.60. The zero-order chi connectivity index (χ0) is 12.3.